The number of piperidine rings is 1. The molecule has 0 radical (unpaired) electrons. The molecule has 2 aliphatic heterocycles. The minimum Gasteiger partial charge on any atom is -0.487 e. The number of likely N-dealkylation sites (tertiary alicyclic amines) is 1. The fraction of sp³-hybridized carbons (Fsp3) is 0.429. The Bertz CT molecular complexity index is 826. The predicted octanol–water partition coefficient (Wildman–Crippen LogP) is 3.43. The molecule has 1 aromatic heterocycles. The maximum Gasteiger partial charge on any atom is 0.254 e. The topological polar surface area (TPSA) is 58.6 Å². The van der Waals surface area contributed by atoms with Crippen molar-refractivity contribution in [1.29, 1.82) is 0 Å². The van der Waals surface area contributed by atoms with E-state index in [9.17, 15) is 9.59 Å². The lowest BCUT2D eigenvalue weighted by Crippen LogP contribution is -2.52. The number of thiophene rings is 1. The van der Waals surface area contributed by atoms with Gasteiger partial charge in [-0.3, -0.25) is 9.59 Å². The number of amides is 2. The van der Waals surface area contributed by atoms with Gasteiger partial charge in [-0.15, -0.1) is 0 Å². The van der Waals surface area contributed by atoms with Crippen LogP contribution in [-0.4, -0.2) is 42.5 Å². The average molecular weight is 385 g/mol. The first kappa shape index (κ1) is 18.0. The molecule has 2 aliphatic rings. The summed E-state index contributed by atoms with van der Waals surface area (Å²) in [5, 5.41) is 6.58. The molecule has 1 atom stereocenters. The van der Waals surface area contributed by atoms with Gasteiger partial charge in [0, 0.05) is 50.7 Å². The number of fused-ring (bicyclic) bond motifs is 1. The van der Waals surface area contributed by atoms with Crippen molar-refractivity contribution in [2.75, 3.05) is 20.1 Å². The van der Waals surface area contributed by atoms with Crippen LogP contribution in [0.3, 0.4) is 0 Å². The Balaban J connectivity index is 1.51. The first-order chi connectivity index (χ1) is 13.1. The summed E-state index contributed by atoms with van der Waals surface area (Å²) in [5.41, 5.74) is 1.59. The van der Waals surface area contributed by atoms with Gasteiger partial charge in [0.25, 0.3) is 5.91 Å². The van der Waals surface area contributed by atoms with Crippen molar-refractivity contribution >= 4 is 23.2 Å². The Morgan fingerprint density at radius 1 is 1.26 bits per heavy atom. The molecular formula is C21H24N2O3S. The van der Waals surface area contributed by atoms with Gasteiger partial charge in [-0.1, -0.05) is 18.2 Å². The highest BCUT2D eigenvalue weighted by molar-refractivity contribution is 7.08. The summed E-state index contributed by atoms with van der Waals surface area (Å²) < 4.78 is 6.46. The zero-order valence-electron chi connectivity index (χ0n) is 15.4. The highest BCUT2D eigenvalue weighted by Gasteiger charge is 2.44. The van der Waals surface area contributed by atoms with Gasteiger partial charge in [0.05, 0.1) is 5.56 Å². The van der Waals surface area contributed by atoms with Crippen molar-refractivity contribution in [1.82, 2.24) is 10.2 Å². The minimum absolute atomic E-state index is 0.0527. The number of hydrogen-bond acceptors (Lipinski definition) is 4. The van der Waals surface area contributed by atoms with Crippen LogP contribution in [-0.2, 0) is 4.79 Å². The minimum atomic E-state index is -0.293. The molecule has 1 N–H and O–H groups in total. The maximum atomic E-state index is 12.6. The summed E-state index contributed by atoms with van der Waals surface area (Å²) >= 11 is 1.54. The Morgan fingerprint density at radius 2 is 2.04 bits per heavy atom. The molecular weight excluding hydrogens is 360 g/mol. The number of rotatable bonds is 3. The number of hydrogen-bond donors (Lipinski definition) is 1. The third kappa shape index (κ3) is 3.58. The highest BCUT2D eigenvalue weighted by Crippen LogP contribution is 2.46. The monoisotopic (exact) mass is 384 g/mol. The van der Waals surface area contributed by atoms with Gasteiger partial charge in [-0.25, -0.2) is 0 Å². The van der Waals surface area contributed by atoms with Crippen LogP contribution in [0.25, 0.3) is 0 Å². The number of carbonyl (C=O) groups is 2. The van der Waals surface area contributed by atoms with Crippen molar-refractivity contribution in [3.8, 4) is 5.75 Å². The van der Waals surface area contributed by atoms with E-state index in [-0.39, 0.29) is 23.3 Å². The highest BCUT2D eigenvalue weighted by atomic mass is 32.1. The van der Waals surface area contributed by atoms with Crippen molar-refractivity contribution in [2.24, 2.45) is 0 Å². The van der Waals surface area contributed by atoms with Gasteiger partial charge in [0.15, 0.2) is 0 Å². The third-order valence-electron chi connectivity index (χ3n) is 5.74. The Kier molecular flexibility index (Phi) is 4.91. The number of nitrogens with one attached hydrogen (secondary N) is 1. The molecule has 1 saturated heterocycles. The second kappa shape index (κ2) is 7.35. The quantitative estimate of drug-likeness (QED) is 0.882. The normalized spacial score (nSPS) is 20.6. The molecule has 1 fully saturated rings. The molecule has 0 bridgehead atoms. The molecule has 142 valence electrons. The summed E-state index contributed by atoms with van der Waals surface area (Å²) in [7, 11) is 1.68. The lowest BCUT2D eigenvalue weighted by Gasteiger charge is -2.46. The van der Waals surface area contributed by atoms with Crippen LogP contribution in [0.2, 0.25) is 0 Å². The lowest BCUT2D eigenvalue weighted by molar-refractivity contribution is -0.121. The number of carbonyl (C=O) groups excluding carboxylic acids is 2. The second-order valence-corrected chi connectivity index (χ2v) is 8.19. The lowest BCUT2D eigenvalue weighted by atomic mass is 9.76. The molecule has 5 nitrogen and oxygen atoms in total. The van der Waals surface area contributed by atoms with Gasteiger partial charge in [-0.05, 0) is 29.5 Å². The number of para-hydroxylation sites is 1. The molecule has 1 spiro atoms. The van der Waals surface area contributed by atoms with Crippen LogP contribution in [0.4, 0.5) is 0 Å². The van der Waals surface area contributed by atoms with Crippen molar-refractivity contribution in [3.05, 3.63) is 52.2 Å². The standard InChI is InChI=1S/C21H24N2O3S/c1-22-19(24)12-16-13-21(26-18-5-3-2-4-17(16)18)7-9-23(10-8-21)20(25)15-6-11-27-14-15/h2-6,11,14,16H,7-10,12-13H2,1H3,(H,22,24)/t16-/m0/s1. The first-order valence-corrected chi connectivity index (χ1v) is 10.3. The molecule has 2 aromatic rings. The molecule has 0 aliphatic carbocycles. The van der Waals surface area contributed by atoms with Gasteiger partial charge < -0.3 is 15.0 Å². The molecule has 4 rings (SSSR count). The van der Waals surface area contributed by atoms with E-state index in [1.807, 2.05) is 39.9 Å². The number of benzene rings is 1. The van der Waals surface area contributed by atoms with Crippen LogP contribution < -0.4 is 10.1 Å². The van der Waals surface area contributed by atoms with E-state index < -0.39 is 0 Å². The zero-order valence-corrected chi connectivity index (χ0v) is 16.3. The predicted molar refractivity (Wildman–Crippen MR) is 105 cm³/mol. The molecule has 0 saturated carbocycles. The van der Waals surface area contributed by atoms with E-state index >= 15 is 0 Å². The Hall–Kier alpha value is -2.34. The van der Waals surface area contributed by atoms with Crippen molar-refractivity contribution in [3.63, 3.8) is 0 Å². The van der Waals surface area contributed by atoms with Gasteiger partial charge in [0.1, 0.15) is 11.4 Å². The number of nitrogens with zero attached hydrogens (tertiary/aromatic N) is 1. The van der Waals surface area contributed by atoms with Crippen molar-refractivity contribution in [2.45, 2.75) is 37.2 Å². The Morgan fingerprint density at radius 3 is 2.74 bits per heavy atom. The number of ether oxygens (including phenoxy) is 1. The van der Waals surface area contributed by atoms with E-state index in [4.69, 9.17) is 4.74 Å². The second-order valence-electron chi connectivity index (χ2n) is 7.41. The fourth-order valence-electron chi connectivity index (χ4n) is 4.24. The van der Waals surface area contributed by atoms with Crippen LogP contribution in [0.1, 0.15) is 47.5 Å². The van der Waals surface area contributed by atoms with Crippen molar-refractivity contribution < 1.29 is 14.3 Å². The van der Waals surface area contributed by atoms with Gasteiger partial charge in [0.2, 0.25) is 5.91 Å². The average Bonchev–Trinajstić information content (AvgIpc) is 3.23. The fourth-order valence-corrected chi connectivity index (χ4v) is 4.87. The molecule has 1 aromatic carbocycles. The van der Waals surface area contributed by atoms with Gasteiger partial charge in [-0.2, -0.15) is 11.3 Å². The van der Waals surface area contributed by atoms with Crippen LogP contribution in [0.5, 0.6) is 5.75 Å². The molecule has 2 amide bonds. The van der Waals surface area contributed by atoms with E-state index in [2.05, 4.69) is 11.4 Å². The molecule has 6 heteroatoms. The van der Waals surface area contributed by atoms with Gasteiger partial charge >= 0.3 is 0 Å². The maximum absolute atomic E-state index is 12.6. The smallest absolute Gasteiger partial charge is 0.254 e. The summed E-state index contributed by atoms with van der Waals surface area (Å²) in [6, 6.07) is 9.91. The summed E-state index contributed by atoms with van der Waals surface area (Å²) in [6.45, 7) is 1.37. The largest absolute Gasteiger partial charge is 0.487 e. The summed E-state index contributed by atoms with van der Waals surface area (Å²) in [6.07, 6.45) is 2.87. The van der Waals surface area contributed by atoms with Crippen LogP contribution in [0.15, 0.2) is 41.1 Å². The SMILES string of the molecule is CNC(=O)C[C@H]1CC2(CCN(C(=O)c3ccsc3)CC2)Oc2ccccc21. The van der Waals surface area contributed by atoms with E-state index in [0.717, 1.165) is 36.1 Å². The van der Waals surface area contributed by atoms with Crippen LogP contribution in [0, 0.1) is 0 Å². The first-order valence-electron chi connectivity index (χ1n) is 9.40. The van der Waals surface area contributed by atoms with E-state index in [1.165, 1.54) is 0 Å². The van der Waals surface area contributed by atoms with E-state index in [0.29, 0.717) is 19.5 Å². The zero-order chi connectivity index (χ0) is 18.9. The van der Waals surface area contributed by atoms with Crippen LogP contribution >= 0.6 is 11.3 Å². The molecule has 27 heavy (non-hydrogen) atoms. The summed E-state index contributed by atoms with van der Waals surface area (Å²) in [4.78, 5) is 26.6. The third-order valence-corrected chi connectivity index (χ3v) is 6.43. The molecule has 0 unspecified atom stereocenters. The Labute approximate surface area is 163 Å². The summed E-state index contributed by atoms with van der Waals surface area (Å²) in [5.74, 6) is 1.19. The molecule has 3 heterocycles. The van der Waals surface area contributed by atoms with E-state index in [1.54, 1.807) is 18.4 Å².